The van der Waals surface area contributed by atoms with Crippen molar-refractivity contribution in [3.05, 3.63) is 49.5 Å². The summed E-state index contributed by atoms with van der Waals surface area (Å²) in [4.78, 5) is 62.8. The number of carbonyl (C=O) groups is 4. The van der Waals surface area contributed by atoms with Crippen LogP contribution in [-0.2, 0) is 9.47 Å². The van der Waals surface area contributed by atoms with Gasteiger partial charge < -0.3 is 29.8 Å². The molecule has 0 saturated carbocycles. The van der Waals surface area contributed by atoms with Crippen molar-refractivity contribution in [2.45, 2.75) is 79.1 Å². The van der Waals surface area contributed by atoms with E-state index in [2.05, 4.69) is 35.6 Å². The number of carbonyl (C=O) groups excluding carboxylic acids is 4. The quantitative estimate of drug-likeness (QED) is 0.265. The molecule has 13 nitrogen and oxygen atoms in total. The van der Waals surface area contributed by atoms with Crippen LogP contribution < -0.4 is 16.0 Å². The summed E-state index contributed by atoms with van der Waals surface area (Å²) in [7, 11) is 1.24. The topological polar surface area (TPSA) is 175 Å². The number of ether oxygens (including phenoxy) is 2. The molecule has 3 N–H and O–H groups in total. The van der Waals surface area contributed by atoms with Crippen LogP contribution in [0.5, 0.6) is 0 Å². The van der Waals surface area contributed by atoms with Gasteiger partial charge in [0.2, 0.25) is 5.89 Å². The number of hydrogen-bond donors (Lipinski definition) is 3. The minimum atomic E-state index is -0.643. The zero-order chi connectivity index (χ0) is 31.4. The maximum absolute atomic E-state index is 13.0. The van der Waals surface area contributed by atoms with E-state index in [9.17, 15) is 19.2 Å². The molecule has 0 aromatic carbocycles. The van der Waals surface area contributed by atoms with Crippen LogP contribution in [0.1, 0.15) is 120 Å². The van der Waals surface area contributed by atoms with Gasteiger partial charge in [0.05, 0.1) is 19.2 Å². The number of oxazole rings is 1. The molecule has 0 aliphatic carbocycles. The lowest BCUT2D eigenvalue weighted by Crippen LogP contribution is -2.36. The highest BCUT2D eigenvalue weighted by atomic mass is 32.1. The normalized spacial score (nSPS) is 13.7. The number of amides is 3. The Balaban J connectivity index is 1.61. The van der Waals surface area contributed by atoms with E-state index in [0.29, 0.717) is 10.0 Å². The van der Waals surface area contributed by atoms with Crippen LogP contribution in [0.25, 0.3) is 0 Å². The molecule has 3 atom stereocenters. The van der Waals surface area contributed by atoms with Crippen molar-refractivity contribution < 1.29 is 33.1 Å². The monoisotopic (exact) mass is 620 g/mol. The van der Waals surface area contributed by atoms with E-state index in [0.717, 1.165) is 0 Å². The number of methoxy groups -OCH3 is 1. The van der Waals surface area contributed by atoms with Crippen molar-refractivity contribution in [1.82, 2.24) is 30.9 Å². The van der Waals surface area contributed by atoms with E-state index in [1.54, 1.807) is 52.3 Å². The van der Waals surface area contributed by atoms with Gasteiger partial charge in [-0.3, -0.25) is 9.59 Å². The predicted octanol–water partition coefficient (Wildman–Crippen LogP) is 4.89. The number of hydrogen-bond acceptors (Lipinski definition) is 12. The number of esters is 1. The maximum Gasteiger partial charge on any atom is 0.408 e. The molecular formula is C27H36N6O7S2. The first kappa shape index (κ1) is 32.7. The summed E-state index contributed by atoms with van der Waals surface area (Å²) >= 11 is 2.49. The van der Waals surface area contributed by atoms with Crippen molar-refractivity contribution >= 4 is 46.6 Å². The highest BCUT2D eigenvalue weighted by molar-refractivity contribution is 7.10. The van der Waals surface area contributed by atoms with Crippen LogP contribution in [0.15, 0.2) is 15.2 Å². The van der Waals surface area contributed by atoms with E-state index in [1.807, 2.05) is 13.8 Å². The number of nitrogens with zero attached hydrogens (tertiary/aromatic N) is 3. The average Bonchev–Trinajstić information content (AvgIpc) is 3.65. The second-order valence-electron chi connectivity index (χ2n) is 10.8. The van der Waals surface area contributed by atoms with Gasteiger partial charge in [-0.15, -0.1) is 22.7 Å². The number of nitrogens with one attached hydrogen (secondary N) is 3. The summed E-state index contributed by atoms with van der Waals surface area (Å²) in [5, 5.41) is 12.7. The first-order valence-electron chi connectivity index (χ1n) is 13.2. The van der Waals surface area contributed by atoms with Crippen LogP contribution in [0, 0.1) is 12.8 Å². The third-order valence-electron chi connectivity index (χ3n) is 5.74. The van der Waals surface area contributed by atoms with Gasteiger partial charge in [0, 0.05) is 10.8 Å². The lowest BCUT2D eigenvalue weighted by molar-refractivity contribution is 0.0488. The molecule has 3 aromatic rings. The Bertz CT molecular complexity index is 1440. The third kappa shape index (κ3) is 8.35. The minimum Gasteiger partial charge on any atom is -0.464 e. The van der Waals surface area contributed by atoms with Gasteiger partial charge in [0.15, 0.2) is 5.69 Å². The van der Waals surface area contributed by atoms with E-state index in [-0.39, 0.29) is 34.7 Å². The summed E-state index contributed by atoms with van der Waals surface area (Å²) in [5.74, 6) is -1.08. The molecule has 0 fully saturated rings. The number of thiazole rings is 2. The molecule has 3 amide bonds. The Hall–Kier alpha value is -3.85. The smallest absolute Gasteiger partial charge is 0.408 e. The second kappa shape index (κ2) is 13.4. The molecule has 3 rings (SSSR count). The first-order chi connectivity index (χ1) is 19.6. The molecule has 0 aliphatic heterocycles. The van der Waals surface area contributed by atoms with Gasteiger partial charge in [-0.1, -0.05) is 13.8 Å². The van der Waals surface area contributed by atoms with Crippen LogP contribution in [0.4, 0.5) is 4.79 Å². The van der Waals surface area contributed by atoms with E-state index in [4.69, 9.17) is 9.15 Å². The highest BCUT2D eigenvalue weighted by Gasteiger charge is 2.27. The lowest BCUT2D eigenvalue weighted by Gasteiger charge is -2.24. The van der Waals surface area contributed by atoms with E-state index >= 15 is 0 Å². The third-order valence-corrected chi connectivity index (χ3v) is 7.70. The van der Waals surface area contributed by atoms with Gasteiger partial charge in [0.25, 0.3) is 11.8 Å². The Kier molecular flexibility index (Phi) is 10.4. The van der Waals surface area contributed by atoms with Gasteiger partial charge in [-0.25, -0.2) is 24.5 Å². The van der Waals surface area contributed by atoms with Crippen LogP contribution in [0.3, 0.4) is 0 Å². The fourth-order valence-corrected chi connectivity index (χ4v) is 5.45. The lowest BCUT2D eigenvalue weighted by atomic mass is 10.1. The molecule has 42 heavy (non-hydrogen) atoms. The Morgan fingerprint density at radius 3 is 1.95 bits per heavy atom. The van der Waals surface area contributed by atoms with Gasteiger partial charge >= 0.3 is 12.1 Å². The molecule has 0 radical (unpaired) electrons. The fourth-order valence-electron chi connectivity index (χ4n) is 3.63. The molecule has 0 saturated heterocycles. The summed E-state index contributed by atoms with van der Waals surface area (Å²) < 4.78 is 15.6. The van der Waals surface area contributed by atoms with Gasteiger partial charge in [-0.2, -0.15) is 0 Å². The number of aromatic nitrogens is 3. The molecule has 0 unspecified atom stereocenters. The molecule has 0 aliphatic rings. The summed E-state index contributed by atoms with van der Waals surface area (Å²) in [6.45, 7) is 14.2. The van der Waals surface area contributed by atoms with Gasteiger partial charge in [-0.05, 0) is 47.5 Å². The zero-order valence-corrected chi connectivity index (χ0v) is 26.6. The Morgan fingerprint density at radius 2 is 1.40 bits per heavy atom. The van der Waals surface area contributed by atoms with Crippen molar-refractivity contribution in [3.8, 4) is 0 Å². The molecule has 15 heteroatoms. The van der Waals surface area contributed by atoms with Crippen LogP contribution >= 0.6 is 22.7 Å². The highest BCUT2D eigenvalue weighted by Crippen LogP contribution is 2.26. The standard InChI is InChI=1S/C27H36N6O7S2/c1-12(2)18(33-26(37)40-27(6,7)8)24-31-17(11-42-24)21(35)29-14(4)23-30-16(10-41-23)20(34)28-13(3)22-32-19(15(5)39-22)25(36)38-9/h10-14,18H,1-9H3,(H,28,34)(H,29,35)(H,33,37)/t13-,14-,18-/m1/s1. The number of rotatable bonds is 10. The Labute approximate surface area is 251 Å². The summed E-state index contributed by atoms with van der Waals surface area (Å²) in [5.41, 5.74) is -0.242. The molecule has 3 aromatic heterocycles. The second-order valence-corrected chi connectivity index (χ2v) is 12.6. The maximum atomic E-state index is 13.0. The van der Waals surface area contributed by atoms with Crippen molar-refractivity contribution in [2.75, 3.05) is 7.11 Å². The predicted molar refractivity (Wildman–Crippen MR) is 156 cm³/mol. The molecule has 0 bridgehead atoms. The zero-order valence-electron chi connectivity index (χ0n) is 25.0. The van der Waals surface area contributed by atoms with Crippen LogP contribution in [-0.4, -0.2) is 51.5 Å². The summed E-state index contributed by atoms with van der Waals surface area (Å²) in [6.07, 6.45) is -0.560. The first-order valence-corrected chi connectivity index (χ1v) is 14.9. The van der Waals surface area contributed by atoms with Crippen molar-refractivity contribution in [1.29, 1.82) is 0 Å². The van der Waals surface area contributed by atoms with Crippen molar-refractivity contribution in [2.24, 2.45) is 5.92 Å². The Morgan fingerprint density at radius 1 is 0.857 bits per heavy atom. The fraction of sp³-hybridized carbons (Fsp3) is 0.519. The SMILES string of the molecule is COC(=O)c1nc([C@@H](C)NC(=O)c2csc([C@@H](C)NC(=O)c3csc([C@H](NC(=O)OC(C)(C)C)C(C)C)n3)n2)oc1C. The number of alkyl carbamates (subject to hydrolysis) is 1. The largest absolute Gasteiger partial charge is 0.464 e. The van der Waals surface area contributed by atoms with E-state index < -0.39 is 47.6 Å². The minimum absolute atomic E-state index is 0.00333. The van der Waals surface area contributed by atoms with E-state index in [1.165, 1.54) is 29.8 Å². The van der Waals surface area contributed by atoms with Crippen LogP contribution in [0.2, 0.25) is 0 Å². The molecule has 228 valence electrons. The number of aryl methyl sites for hydroxylation is 1. The molecule has 0 spiro atoms. The van der Waals surface area contributed by atoms with Gasteiger partial charge in [0.1, 0.15) is 38.8 Å². The van der Waals surface area contributed by atoms with Crippen molar-refractivity contribution in [3.63, 3.8) is 0 Å². The summed E-state index contributed by atoms with van der Waals surface area (Å²) in [6, 6.07) is -1.58. The molecular weight excluding hydrogens is 584 g/mol. The average molecular weight is 621 g/mol. The molecule has 3 heterocycles.